The third-order valence-corrected chi connectivity index (χ3v) is 8.61. The molecule has 1 saturated carbocycles. The summed E-state index contributed by atoms with van der Waals surface area (Å²) < 4.78 is 27.2. The summed E-state index contributed by atoms with van der Waals surface area (Å²) in [7, 11) is -3.55. The second-order valence-corrected chi connectivity index (χ2v) is 10.8. The van der Waals surface area contributed by atoms with Crippen LogP contribution >= 0.6 is 0 Å². The Morgan fingerprint density at radius 1 is 0.935 bits per heavy atom. The average molecular weight is 448 g/mol. The number of imide groups is 1. The van der Waals surface area contributed by atoms with Gasteiger partial charge in [0, 0.05) is 25.2 Å². The molecule has 2 saturated heterocycles. The van der Waals surface area contributed by atoms with Gasteiger partial charge in [0.1, 0.15) is 6.54 Å². The van der Waals surface area contributed by atoms with Crippen molar-refractivity contribution in [2.45, 2.75) is 62.7 Å². The van der Waals surface area contributed by atoms with Crippen LogP contribution in [0.1, 0.15) is 57.8 Å². The number of carbonyl (C=O) groups is 3. The summed E-state index contributed by atoms with van der Waals surface area (Å²) in [6.07, 6.45) is 7.30. The quantitative estimate of drug-likeness (QED) is 0.699. The van der Waals surface area contributed by atoms with Crippen LogP contribution in [0.2, 0.25) is 0 Å². The van der Waals surface area contributed by atoms with Gasteiger partial charge in [-0.05, 0) is 49.9 Å². The van der Waals surface area contributed by atoms with Crippen molar-refractivity contribution < 1.29 is 22.8 Å². The van der Waals surface area contributed by atoms with Crippen LogP contribution < -0.4 is 5.32 Å². The molecule has 1 spiro atoms. The van der Waals surface area contributed by atoms with E-state index in [0.29, 0.717) is 31.6 Å². The van der Waals surface area contributed by atoms with Gasteiger partial charge in [0.25, 0.3) is 0 Å². The molecule has 8 nitrogen and oxygen atoms in total. The van der Waals surface area contributed by atoms with Crippen LogP contribution in [0.25, 0.3) is 0 Å². The SMILES string of the molecule is O=C(CN1C(=O)CC2(CCCC2)C1=O)Nc1ccc(S(=O)(=O)N2CCCCCC2)cc1. The highest BCUT2D eigenvalue weighted by atomic mass is 32.2. The first-order valence-corrected chi connectivity index (χ1v) is 12.5. The van der Waals surface area contributed by atoms with Crippen molar-refractivity contribution in [1.29, 1.82) is 0 Å². The van der Waals surface area contributed by atoms with Crippen LogP contribution in [0.5, 0.6) is 0 Å². The van der Waals surface area contributed by atoms with Gasteiger partial charge < -0.3 is 5.32 Å². The van der Waals surface area contributed by atoms with E-state index in [4.69, 9.17) is 0 Å². The Morgan fingerprint density at radius 3 is 2.16 bits per heavy atom. The molecular weight excluding hydrogens is 418 g/mol. The van der Waals surface area contributed by atoms with E-state index in [1.54, 1.807) is 0 Å². The fraction of sp³-hybridized carbons (Fsp3) is 0.591. The molecule has 2 heterocycles. The highest BCUT2D eigenvalue weighted by Crippen LogP contribution is 2.46. The Morgan fingerprint density at radius 2 is 1.55 bits per heavy atom. The highest BCUT2D eigenvalue weighted by Gasteiger charge is 2.52. The lowest BCUT2D eigenvalue weighted by atomic mass is 9.84. The van der Waals surface area contributed by atoms with E-state index in [-0.39, 0.29) is 29.7 Å². The zero-order valence-electron chi connectivity index (χ0n) is 17.6. The summed E-state index contributed by atoms with van der Waals surface area (Å²) in [5.74, 6) is -0.996. The van der Waals surface area contributed by atoms with E-state index in [0.717, 1.165) is 43.4 Å². The van der Waals surface area contributed by atoms with Gasteiger partial charge in [-0.1, -0.05) is 25.7 Å². The van der Waals surface area contributed by atoms with Gasteiger partial charge in [-0.2, -0.15) is 4.31 Å². The van der Waals surface area contributed by atoms with Gasteiger partial charge in [0.2, 0.25) is 27.7 Å². The number of carbonyl (C=O) groups excluding carboxylic acids is 3. The molecule has 0 aromatic heterocycles. The van der Waals surface area contributed by atoms with Crippen molar-refractivity contribution in [2.75, 3.05) is 25.0 Å². The molecule has 1 N–H and O–H groups in total. The second kappa shape index (κ2) is 8.70. The predicted molar refractivity (Wildman–Crippen MR) is 115 cm³/mol. The molecule has 3 amide bonds. The first kappa shape index (κ1) is 22.0. The number of hydrogen-bond acceptors (Lipinski definition) is 5. The maximum atomic E-state index is 12.9. The van der Waals surface area contributed by atoms with Gasteiger partial charge in [0.15, 0.2) is 0 Å². The molecule has 1 aliphatic carbocycles. The summed E-state index contributed by atoms with van der Waals surface area (Å²) >= 11 is 0. The van der Waals surface area contributed by atoms with Gasteiger partial charge in [-0.25, -0.2) is 8.42 Å². The molecule has 0 unspecified atom stereocenters. The minimum atomic E-state index is -3.55. The summed E-state index contributed by atoms with van der Waals surface area (Å²) in [4.78, 5) is 38.7. The van der Waals surface area contributed by atoms with Crippen LogP contribution in [0.3, 0.4) is 0 Å². The van der Waals surface area contributed by atoms with Gasteiger partial charge >= 0.3 is 0 Å². The molecule has 3 fully saturated rings. The predicted octanol–water partition coefficient (Wildman–Crippen LogP) is 2.51. The molecule has 0 bridgehead atoms. The maximum Gasteiger partial charge on any atom is 0.244 e. The number of nitrogens with one attached hydrogen (secondary N) is 1. The molecule has 0 atom stereocenters. The lowest BCUT2D eigenvalue weighted by Crippen LogP contribution is -2.39. The Kier molecular flexibility index (Phi) is 6.16. The average Bonchev–Trinajstić information content (AvgIpc) is 3.15. The van der Waals surface area contributed by atoms with Crippen LogP contribution in [-0.2, 0) is 24.4 Å². The fourth-order valence-electron chi connectivity index (χ4n) is 4.95. The summed E-state index contributed by atoms with van der Waals surface area (Å²) in [6, 6.07) is 6.04. The zero-order valence-corrected chi connectivity index (χ0v) is 18.5. The van der Waals surface area contributed by atoms with E-state index in [1.807, 2.05) is 0 Å². The molecular formula is C22H29N3O5S. The molecule has 168 valence electrons. The zero-order chi connectivity index (χ0) is 22.1. The Bertz CT molecular complexity index is 959. The van der Waals surface area contributed by atoms with Gasteiger partial charge in [-0.15, -0.1) is 0 Å². The molecule has 1 aromatic carbocycles. The molecule has 1 aromatic rings. The molecule has 9 heteroatoms. The molecule has 3 aliphatic rings. The number of nitrogens with zero attached hydrogens (tertiary/aromatic N) is 2. The van der Waals surface area contributed by atoms with Crippen molar-refractivity contribution in [3.05, 3.63) is 24.3 Å². The van der Waals surface area contributed by atoms with Crippen LogP contribution in [-0.4, -0.2) is 55.0 Å². The second-order valence-electron chi connectivity index (χ2n) is 8.84. The number of amides is 3. The number of likely N-dealkylation sites (tertiary alicyclic amines) is 1. The van der Waals surface area contributed by atoms with Crippen molar-refractivity contribution in [3.63, 3.8) is 0 Å². The third kappa shape index (κ3) is 4.39. The maximum absolute atomic E-state index is 12.9. The standard InChI is InChI=1S/C22H29N3O5S/c26-19(16-25-20(27)15-22(21(25)28)11-3-4-12-22)23-17-7-9-18(10-8-17)31(29,30)24-13-5-1-2-6-14-24/h7-10H,1-6,11-16H2,(H,23,26). The topological polar surface area (TPSA) is 104 Å². The van der Waals surface area contributed by atoms with Crippen molar-refractivity contribution in [3.8, 4) is 0 Å². The van der Waals surface area contributed by atoms with Crippen LogP contribution in [0, 0.1) is 5.41 Å². The van der Waals surface area contributed by atoms with Crippen molar-refractivity contribution in [2.24, 2.45) is 5.41 Å². The molecule has 2 aliphatic heterocycles. The van der Waals surface area contributed by atoms with Crippen LogP contribution in [0.4, 0.5) is 5.69 Å². The Labute approximate surface area is 183 Å². The van der Waals surface area contributed by atoms with E-state index in [9.17, 15) is 22.8 Å². The first-order valence-electron chi connectivity index (χ1n) is 11.1. The molecule has 4 rings (SSSR count). The molecule has 31 heavy (non-hydrogen) atoms. The lowest BCUT2D eigenvalue weighted by molar-refractivity contribution is -0.143. The Balaban J connectivity index is 1.38. The minimum Gasteiger partial charge on any atom is -0.325 e. The summed E-state index contributed by atoms with van der Waals surface area (Å²) in [5, 5.41) is 2.66. The number of anilines is 1. The van der Waals surface area contributed by atoms with Crippen molar-refractivity contribution >= 4 is 33.4 Å². The van der Waals surface area contributed by atoms with Crippen molar-refractivity contribution in [1.82, 2.24) is 9.21 Å². The lowest BCUT2D eigenvalue weighted by Gasteiger charge is -2.21. The number of hydrogen-bond donors (Lipinski definition) is 1. The summed E-state index contributed by atoms with van der Waals surface area (Å²) in [6.45, 7) is 0.744. The van der Waals surface area contributed by atoms with E-state index in [2.05, 4.69) is 5.32 Å². The number of sulfonamides is 1. The number of benzene rings is 1. The van der Waals surface area contributed by atoms with E-state index < -0.39 is 21.3 Å². The van der Waals surface area contributed by atoms with Gasteiger partial charge in [0.05, 0.1) is 10.3 Å². The normalized spacial score (nSPS) is 22.1. The monoisotopic (exact) mass is 447 g/mol. The van der Waals surface area contributed by atoms with Gasteiger partial charge in [-0.3, -0.25) is 19.3 Å². The first-order chi connectivity index (χ1) is 14.8. The highest BCUT2D eigenvalue weighted by molar-refractivity contribution is 7.89. The third-order valence-electron chi connectivity index (χ3n) is 6.69. The Hall–Kier alpha value is -2.26. The largest absolute Gasteiger partial charge is 0.325 e. The molecule has 0 radical (unpaired) electrons. The fourth-order valence-corrected chi connectivity index (χ4v) is 6.47. The van der Waals surface area contributed by atoms with E-state index >= 15 is 0 Å². The smallest absolute Gasteiger partial charge is 0.244 e. The summed E-state index contributed by atoms with van der Waals surface area (Å²) in [5.41, 5.74) is -0.171. The number of rotatable bonds is 5. The van der Waals surface area contributed by atoms with Crippen LogP contribution in [0.15, 0.2) is 29.2 Å². The minimum absolute atomic E-state index is 0.195. The van der Waals surface area contributed by atoms with E-state index in [1.165, 1.54) is 28.6 Å².